The van der Waals surface area contributed by atoms with Crippen LogP contribution in [-0.4, -0.2) is 9.97 Å². The predicted octanol–water partition coefficient (Wildman–Crippen LogP) is 3.91. The second-order valence-corrected chi connectivity index (χ2v) is 4.46. The maximum atomic E-state index is 4.66. The topological polar surface area (TPSA) is 25.8 Å². The molecular formula is C16H14N2. The van der Waals surface area contributed by atoms with Crippen molar-refractivity contribution in [3.05, 3.63) is 59.8 Å². The van der Waals surface area contributed by atoms with Crippen molar-refractivity contribution in [2.45, 2.75) is 13.8 Å². The molecule has 0 atom stereocenters. The van der Waals surface area contributed by atoms with Gasteiger partial charge in [0, 0.05) is 16.6 Å². The summed E-state index contributed by atoms with van der Waals surface area (Å²) in [5, 5.41) is 1.12. The second kappa shape index (κ2) is 4.22. The van der Waals surface area contributed by atoms with Crippen LogP contribution in [0.25, 0.3) is 22.3 Å². The van der Waals surface area contributed by atoms with E-state index in [9.17, 15) is 0 Å². The molecule has 18 heavy (non-hydrogen) atoms. The number of aromatic nitrogens is 2. The Bertz CT molecular complexity index is 717. The molecule has 0 amide bonds. The molecule has 0 fully saturated rings. The van der Waals surface area contributed by atoms with E-state index in [4.69, 9.17) is 0 Å². The van der Waals surface area contributed by atoms with Crippen LogP contribution in [0, 0.1) is 13.8 Å². The Morgan fingerprint density at radius 2 is 1.50 bits per heavy atom. The first-order chi connectivity index (χ1) is 8.75. The molecule has 2 nitrogen and oxygen atoms in total. The van der Waals surface area contributed by atoms with Crippen LogP contribution in [0.1, 0.15) is 11.3 Å². The van der Waals surface area contributed by atoms with Crippen molar-refractivity contribution in [1.82, 2.24) is 9.97 Å². The van der Waals surface area contributed by atoms with Crippen molar-refractivity contribution < 1.29 is 0 Å². The minimum atomic E-state index is 0.810. The fraction of sp³-hybridized carbons (Fsp3) is 0.125. The van der Waals surface area contributed by atoms with E-state index in [1.54, 1.807) is 0 Å². The highest BCUT2D eigenvalue weighted by Crippen LogP contribution is 2.23. The predicted molar refractivity (Wildman–Crippen MR) is 74.4 cm³/mol. The van der Waals surface area contributed by atoms with Gasteiger partial charge in [-0.1, -0.05) is 42.5 Å². The van der Waals surface area contributed by atoms with Crippen LogP contribution >= 0.6 is 0 Å². The summed E-state index contributed by atoms with van der Waals surface area (Å²) < 4.78 is 0. The van der Waals surface area contributed by atoms with Gasteiger partial charge in [0.05, 0.1) is 5.52 Å². The summed E-state index contributed by atoms with van der Waals surface area (Å²) >= 11 is 0. The minimum absolute atomic E-state index is 0.810. The molecule has 0 bridgehead atoms. The normalized spacial score (nSPS) is 10.8. The van der Waals surface area contributed by atoms with Gasteiger partial charge in [0.15, 0.2) is 5.82 Å². The molecule has 3 rings (SSSR count). The third kappa shape index (κ3) is 1.76. The number of benzene rings is 2. The van der Waals surface area contributed by atoms with Gasteiger partial charge in [-0.3, -0.25) is 0 Å². The van der Waals surface area contributed by atoms with E-state index in [2.05, 4.69) is 35.1 Å². The van der Waals surface area contributed by atoms with Crippen LogP contribution in [0.15, 0.2) is 48.5 Å². The average molecular weight is 234 g/mol. The molecule has 3 aromatic rings. The Kier molecular flexibility index (Phi) is 2.56. The SMILES string of the molecule is Cc1ccccc1-c1nc(C)c2ccccc2n1. The van der Waals surface area contributed by atoms with Gasteiger partial charge >= 0.3 is 0 Å². The Hall–Kier alpha value is -2.22. The van der Waals surface area contributed by atoms with E-state index in [-0.39, 0.29) is 0 Å². The second-order valence-electron chi connectivity index (χ2n) is 4.46. The number of hydrogen-bond acceptors (Lipinski definition) is 2. The van der Waals surface area contributed by atoms with Crippen molar-refractivity contribution >= 4 is 10.9 Å². The van der Waals surface area contributed by atoms with Crippen molar-refractivity contribution in [2.24, 2.45) is 0 Å². The monoisotopic (exact) mass is 234 g/mol. The molecule has 1 heterocycles. The van der Waals surface area contributed by atoms with E-state index >= 15 is 0 Å². The number of rotatable bonds is 1. The Balaban J connectivity index is 2.28. The molecule has 88 valence electrons. The Morgan fingerprint density at radius 1 is 0.778 bits per heavy atom. The van der Waals surface area contributed by atoms with Crippen LogP contribution in [0.5, 0.6) is 0 Å². The average Bonchev–Trinajstić information content (AvgIpc) is 2.39. The molecule has 1 aromatic heterocycles. The lowest BCUT2D eigenvalue weighted by Gasteiger charge is -2.07. The molecule has 2 heteroatoms. The molecule has 0 aliphatic carbocycles. The summed E-state index contributed by atoms with van der Waals surface area (Å²) in [5.41, 5.74) is 4.33. The Labute approximate surface area is 106 Å². The lowest BCUT2D eigenvalue weighted by atomic mass is 10.1. The van der Waals surface area contributed by atoms with E-state index in [0.717, 1.165) is 28.0 Å². The van der Waals surface area contributed by atoms with Crippen LogP contribution in [0.3, 0.4) is 0 Å². The summed E-state index contributed by atoms with van der Waals surface area (Å²) in [6.45, 7) is 4.12. The van der Waals surface area contributed by atoms with Gasteiger partial charge in [0.1, 0.15) is 0 Å². The molecule has 0 N–H and O–H groups in total. The number of para-hydroxylation sites is 1. The van der Waals surface area contributed by atoms with Crippen LogP contribution < -0.4 is 0 Å². The zero-order chi connectivity index (χ0) is 12.5. The maximum absolute atomic E-state index is 4.66. The van der Waals surface area contributed by atoms with Gasteiger partial charge in [-0.25, -0.2) is 9.97 Å². The largest absolute Gasteiger partial charge is 0.233 e. The van der Waals surface area contributed by atoms with E-state index < -0.39 is 0 Å². The third-order valence-corrected chi connectivity index (χ3v) is 3.18. The van der Waals surface area contributed by atoms with Gasteiger partial charge in [-0.05, 0) is 25.5 Å². The molecule has 0 spiro atoms. The highest BCUT2D eigenvalue weighted by atomic mass is 14.9. The molecule has 0 saturated heterocycles. The molecule has 0 saturated carbocycles. The highest BCUT2D eigenvalue weighted by Gasteiger charge is 2.07. The summed E-state index contributed by atoms with van der Waals surface area (Å²) in [7, 11) is 0. The lowest BCUT2D eigenvalue weighted by Crippen LogP contribution is -1.95. The van der Waals surface area contributed by atoms with Crippen LogP contribution in [-0.2, 0) is 0 Å². The molecule has 0 unspecified atom stereocenters. The lowest BCUT2D eigenvalue weighted by molar-refractivity contribution is 1.15. The number of fused-ring (bicyclic) bond motifs is 1. The zero-order valence-corrected chi connectivity index (χ0v) is 10.5. The first-order valence-corrected chi connectivity index (χ1v) is 6.05. The summed E-state index contributed by atoms with van der Waals surface area (Å²) in [6.07, 6.45) is 0. The van der Waals surface area contributed by atoms with Crippen molar-refractivity contribution in [2.75, 3.05) is 0 Å². The number of nitrogens with zero attached hydrogens (tertiary/aromatic N) is 2. The first kappa shape index (κ1) is 10.9. The summed E-state index contributed by atoms with van der Waals surface area (Å²) in [5.74, 6) is 0.810. The van der Waals surface area contributed by atoms with Crippen molar-refractivity contribution in [3.63, 3.8) is 0 Å². The fourth-order valence-electron chi connectivity index (χ4n) is 2.18. The van der Waals surface area contributed by atoms with Crippen LogP contribution in [0.2, 0.25) is 0 Å². The summed E-state index contributed by atoms with van der Waals surface area (Å²) in [6, 6.07) is 16.3. The fourth-order valence-corrected chi connectivity index (χ4v) is 2.18. The van der Waals surface area contributed by atoms with Crippen LogP contribution in [0.4, 0.5) is 0 Å². The van der Waals surface area contributed by atoms with Gasteiger partial charge in [0.25, 0.3) is 0 Å². The Morgan fingerprint density at radius 3 is 2.33 bits per heavy atom. The quantitative estimate of drug-likeness (QED) is 0.638. The van der Waals surface area contributed by atoms with Gasteiger partial charge in [-0.2, -0.15) is 0 Å². The third-order valence-electron chi connectivity index (χ3n) is 3.18. The molecule has 0 radical (unpaired) electrons. The highest BCUT2D eigenvalue weighted by molar-refractivity contribution is 5.82. The van der Waals surface area contributed by atoms with Gasteiger partial charge in [0.2, 0.25) is 0 Å². The maximum Gasteiger partial charge on any atom is 0.160 e. The molecular weight excluding hydrogens is 220 g/mol. The molecule has 2 aromatic carbocycles. The van der Waals surface area contributed by atoms with Crippen molar-refractivity contribution in [1.29, 1.82) is 0 Å². The minimum Gasteiger partial charge on any atom is -0.233 e. The zero-order valence-electron chi connectivity index (χ0n) is 10.5. The molecule has 0 aliphatic rings. The smallest absolute Gasteiger partial charge is 0.160 e. The van der Waals surface area contributed by atoms with Gasteiger partial charge in [-0.15, -0.1) is 0 Å². The standard InChI is InChI=1S/C16H14N2/c1-11-7-3-4-8-13(11)16-17-12(2)14-9-5-6-10-15(14)18-16/h3-10H,1-2H3. The van der Waals surface area contributed by atoms with E-state index in [1.807, 2.05) is 37.3 Å². The van der Waals surface area contributed by atoms with Crippen molar-refractivity contribution in [3.8, 4) is 11.4 Å². The van der Waals surface area contributed by atoms with E-state index in [0.29, 0.717) is 0 Å². The first-order valence-electron chi connectivity index (χ1n) is 6.05. The van der Waals surface area contributed by atoms with Gasteiger partial charge < -0.3 is 0 Å². The number of hydrogen-bond donors (Lipinski definition) is 0. The number of aryl methyl sites for hydroxylation is 2. The summed E-state index contributed by atoms with van der Waals surface area (Å²) in [4.78, 5) is 9.28. The van der Waals surface area contributed by atoms with E-state index in [1.165, 1.54) is 5.56 Å². The molecule has 0 aliphatic heterocycles.